The molecule has 2 aliphatic rings. The van der Waals surface area contributed by atoms with Gasteiger partial charge in [0.1, 0.15) is 11.8 Å². The zero-order valence-electron chi connectivity index (χ0n) is 18.6. The van der Waals surface area contributed by atoms with Crippen molar-refractivity contribution < 1.29 is 14.2 Å². The van der Waals surface area contributed by atoms with Gasteiger partial charge in [-0.1, -0.05) is 60.7 Å². The summed E-state index contributed by atoms with van der Waals surface area (Å²) in [6.45, 7) is 2.98. The first kappa shape index (κ1) is 21.8. The van der Waals surface area contributed by atoms with Crippen molar-refractivity contribution in [2.24, 2.45) is 5.92 Å². The molecule has 4 unspecified atom stereocenters. The first-order valence-corrected chi connectivity index (χ1v) is 11.3. The van der Waals surface area contributed by atoms with E-state index in [4.69, 9.17) is 14.2 Å². The maximum absolute atomic E-state index is 12.6. The minimum Gasteiger partial charge on any atom is -0.374 e. The van der Waals surface area contributed by atoms with E-state index in [-0.39, 0.29) is 17.6 Å². The molecular formula is C26H28N2O5. The van der Waals surface area contributed by atoms with E-state index >= 15 is 0 Å². The van der Waals surface area contributed by atoms with Crippen LogP contribution in [0.3, 0.4) is 0 Å². The Bertz CT molecular complexity index is 1210. The van der Waals surface area contributed by atoms with Crippen molar-refractivity contribution in [2.75, 3.05) is 6.61 Å². The molecule has 7 nitrogen and oxygen atoms in total. The molecule has 1 aromatic heterocycles. The fourth-order valence-corrected chi connectivity index (χ4v) is 5.02. The molecule has 1 saturated carbocycles. The molecule has 4 atom stereocenters. The number of ether oxygens (including phenoxy) is 3. The second kappa shape index (κ2) is 9.09. The molecule has 7 heteroatoms. The number of aromatic nitrogens is 2. The SMILES string of the molecule is Cc1cn(C2OC3(COCc4ccccc4)CCC2C3OCc2ccccc2)c(=O)[nH]c1=O. The summed E-state index contributed by atoms with van der Waals surface area (Å²) in [6.07, 6.45) is 2.49. The van der Waals surface area contributed by atoms with Crippen LogP contribution in [0.1, 0.15) is 35.8 Å². The summed E-state index contributed by atoms with van der Waals surface area (Å²) in [7, 11) is 0. The van der Waals surface area contributed by atoms with Crippen molar-refractivity contribution in [3.63, 3.8) is 0 Å². The summed E-state index contributed by atoms with van der Waals surface area (Å²) in [5, 5.41) is 0. The Hall–Kier alpha value is -3.00. The van der Waals surface area contributed by atoms with Crippen LogP contribution in [0.5, 0.6) is 0 Å². The molecule has 2 aromatic carbocycles. The van der Waals surface area contributed by atoms with Gasteiger partial charge in [0, 0.05) is 17.7 Å². The molecule has 2 heterocycles. The first-order chi connectivity index (χ1) is 16.1. The van der Waals surface area contributed by atoms with Crippen LogP contribution in [-0.4, -0.2) is 27.9 Å². The Morgan fingerprint density at radius 1 is 1.03 bits per heavy atom. The number of nitrogens with one attached hydrogen (secondary N) is 1. The van der Waals surface area contributed by atoms with E-state index in [2.05, 4.69) is 4.98 Å². The highest BCUT2D eigenvalue weighted by Crippen LogP contribution is 2.54. The molecule has 172 valence electrons. The van der Waals surface area contributed by atoms with Crippen LogP contribution in [0.4, 0.5) is 0 Å². The average Bonchev–Trinajstić information content (AvgIpc) is 3.33. The topological polar surface area (TPSA) is 82.6 Å². The number of H-pyrrole nitrogens is 1. The number of fused-ring (bicyclic) bond motifs is 2. The minimum absolute atomic E-state index is 0.0166. The molecule has 1 aliphatic heterocycles. The van der Waals surface area contributed by atoms with Gasteiger partial charge in [0.15, 0.2) is 0 Å². The third kappa shape index (κ3) is 4.31. The molecule has 2 bridgehead atoms. The summed E-state index contributed by atoms with van der Waals surface area (Å²) in [5.41, 5.74) is 1.15. The molecular weight excluding hydrogens is 420 g/mol. The lowest BCUT2D eigenvalue weighted by Crippen LogP contribution is -2.43. The number of hydrogen-bond acceptors (Lipinski definition) is 5. The predicted octanol–water partition coefficient (Wildman–Crippen LogP) is 3.32. The average molecular weight is 449 g/mol. The number of aryl methyl sites for hydroxylation is 1. The van der Waals surface area contributed by atoms with Gasteiger partial charge in [-0.15, -0.1) is 0 Å². The highest BCUT2D eigenvalue weighted by atomic mass is 16.6. The van der Waals surface area contributed by atoms with E-state index < -0.39 is 17.5 Å². The molecule has 0 radical (unpaired) electrons. The van der Waals surface area contributed by atoms with E-state index in [1.165, 1.54) is 4.57 Å². The number of aromatic amines is 1. The Balaban J connectivity index is 1.39. The maximum Gasteiger partial charge on any atom is 0.330 e. The number of hydrogen-bond donors (Lipinski definition) is 1. The number of nitrogens with zero attached hydrogens (tertiary/aromatic N) is 1. The van der Waals surface area contributed by atoms with Crippen molar-refractivity contribution in [3.8, 4) is 0 Å². The highest BCUT2D eigenvalue weighted by Gasteiger charge is 2.61. The molecule has 3 aromatic rings. The lowest BCUT2D eigenvalue weighted by Gasteiger charge is -2.32. The van der Waals surface area contributed by atoms with E-state index in [1.54, 1.807) is 13.1 Å². The Kier molecular flexibility index (Phi) is 6.01. The van der Waals surface area contributed by atoms with Gasteiger partial charge in [-0.3, -0.25) is 14.3 Å². The van der Waals surface area contributed by atoms with Gasteiger partial charge in [0.05, 0.1) is 25.9 Å². The molecule has 1 saturated heterocycles. The summed E-state index contributed by atoms with van der Waals surface area (Å²) in [4.78, 5) is 26.9. The zero-order valence-corrected chi connectivity index (χ0v) is 18.6. The highest BCUT2D eigenvalue weighted by molar-refractivity contribution is 5.16. The van der Waals surface area contributed by atoms with Gasteiger partial charge in [0.25, 0.3) is 5.56 Å². The van der Waals surface area contributed by atoms with Crippen LogP contribution >= 0.6 is 0 Å². The Morgan fingerprint density at radius 3 is 2.39 bits per heavy atom. The second-order valence-electron chi connectivity index (χ2n) is 8.95. The molecule has 0 spiro atoms. The van der Waals surface area contributed by atoms with Crippen LogP contribution in [0.25, 0.3) is 0 Å². The van der Waals surface area contributed by atoms with Crippen molar-refractivity contribution in [3.05, 3.63) is 104 Å². The van der Waals surface area contributed by atoms with Crippen molar-refractivity contribution in [1.29, 1.82) is 0 Å². The van der Waals surface area contributed by atoms with Gasteiger partial charge >= 0.3 is 5.69 Å². The van der Waals surface area contributed by atoms with Crippen LogP contribution < -0.4 is 11.2 Å². The monoisotopic (exact) mass is 448 g/mol. The Labute approximate surface area is 191 Å². The number of rotatable bonds is 8. The van der Waals surface area contributed by atoms with E-state index in [1.807, 2.05) is 60.7 Å². The van der Waals surface area contributed by atoms with Gasteiger partial charge in [-0.25, -0.2) is 4.79 Å². The normalized spacial score (nSPS) is 26.0. The third-order valence-electron chi connectivity index (χ3n) is 6.68. The van der Waals surface area contributed by atoms with Gasteiger partial charge in [-0.2, -0.15) is 0 Å². The Morgan fingerprint density at radius 2 is 1.70 bits per heavy atom. The maximum atomic E-state index is 12.6. The third-order valence-corrected chi connectivity index (χ3v) is 6.68. The molecule has 33 heavy (non-hydrogen) atoms. The largest absolute Gasteiger partial charge is 0.374 e. The smallest absolute Gasteiger partial charge is 0.330 e. The van der Waals surface area contributed by atoms with Gasteiger partial charge in [-0.05, 0) is 30.9 Å². The van der Waals surface area contributed by atoms with Gasteiger partial charge in [0.2, 0.25) is 0 Å². The van der Waals surface area contributed by atoms with Crippen molar-refractivity contribution >= 4 is 0 Å². The van der Waals surface area contributed by atoms with Crippen molar-refractivity contribution in [2.45, 2.75) is 50.9 Å². The lowest BCUT2D eigenvalue weighted by atomic mass is 9.99. The molecule has 1 aliphatic carbocycles. The van der Waals surface area contributed by atoms with Crippen LogP contribution in [0, 0.1) is 12.8 Å². The standard InChI is InChI=1S/C26H28N2O5/c1-18-14-28(25(30)27-23(18)29)24-21-12-13-26(33-24,17-31-15-19-8-4-2-5-9-19)22(21)32-16-20-10-6-3-7-11-20/h2-11,14,21-22,24H,12-13,15-17H2,1H3,(H,27,29,30). The summed E-state index contributed by atoms with van der Waals surface area (Å²) >= 11 is 0. The minimum atomic E-state index is -0.650. The molecule has 2 fully saturated rings. The fourth-order valence-electron chi connectivity index (χ4n) is 5.02. The number of benzene rings is 2. The van der Waals surface area contributed by atoms with Crippen LogP contribution in [0.2, 0.25) is 0 Å². The molecule has 5 rings (SSSR count). The molecule has 1 N–H and O–H groups in total. The quantitative estimate of drug-likeness (QED) is 0.572. The predicted molar refractivity (Wildman–Crippen MR) is 123 cm³/mol. The summed E-state index contributed by atoms with van der Waals surface area (Å²) < 4.78 is 20.6. The zero-order chi connectivity index (χ0) is 22.8. The van der Waals surface area contributed by atoms with Crippen molar-refractivity contribution in [1.82, 2.24) is 9.55 Å². The van der Waals surface area contributed by atoms with Crippen LogP contribution in [-0.2, 0) is 27.4 Å². The van der Waals surface area contributed by atoms with E-state index in [9.17, 15) is 9.59 Å². The van der Waals surface area contributed by atoms with Gasteiger partial charge < -0.3 is 14.2 Å². The second-order valence-corrected chi connectivity index (χ2v) is 8.95. The van der Waals surface area contributed by atoms with E-state index in [0.717, 1.165) is 24.0 Å². The molecule has 0 amide bonds. The summed E-state index contributed by atoms with van der Waals surface area (Å²) in [6, 6.07) is 20.0. The first-order valence-electron chi connectivity index (χ1n) is 11.3. The lowest BCUT2D eigenvalue weighted by molar-refractivity contribution is -0.162. The fraction of sp³-hybridized carbons (Fsp3) is 0.385. The van der Waals surface area contributed by atoms with Crippen LogP contribution in [0.15, 0.2) is 76.4 Å². The van der Waals surface area contributed by atoms with E-state index in [0.29, 0.717) is 25.4 Å². The summed E-state index contributed by atoms with van der Waals surface area (Å²) in [5.74, 6) is -0.0166.